The second kappa shape index (κ2) is 11.0. The van der Waals surface area contributed by atoms with Gasteiger partial charge in [-0.3, -0.25) is 0 Å². The molecule has 4 rings (SSSR count). The van der Waals surface area contributed by atoms with Crippen LogP contribution in [0.15, 0.2) is 6.07 Å². The molecule has 1 aliphatic heterocycles. The lowest BCUT2D eigenvalue weighted by Crippen LogP contribution is -2.42. The molecule has 0 unspecified atom stereocenters. The highest BCUT2D eigenvalue weighted by Crippen LogP contribution is 2.34. The lowest BCUT2D eigenvalue weighted by molar-refractivity contribution is 0.252. The molecule has 8 nitrogen and oxygen atoms in total. The summed E-state index contributed by atoms with van der Waals surface area (Å²) in [6.45, 7) is 6.08. The van der Waals surface area contributed by atoms with Crippen molar-refractivity contribution in [1.82, 2.24) is 19.9 Å². The van der Waals surface area contributed by atoms with Crippen molar-refractivity contribution >= 4 is 40.8 Å². The van der Waals surface area contributed by atoms with E-state index in [-0.39, 0.29) is 0 Å². The van der Waals surface area contributed by atoms with E-state index in [1.54, 1.807) is 0 Å². The molecule has 1 aliphatic carbocycles. The minimum absolute atomic E-state index is 0.397. The molecule has 1 aromatic carbocycles. The molecular formula is C25H39ClN8. The van der Waals surface area contributed by atoms with Crippen LogP contribution in [0.2, 0.25) is 5.02 Å². The number of nitrogen functional groups attached to an aromatic ring is 1. The Morgan fingerprint density at radius 2 is 1.65 bits per heavy atom. The lowest BCUT2D eigenvalue weighted by atomic mass is 10.0. The van der Waals surface area contributed by atoms with E-state index in [2.05, 4.69) is 34.5 Å². The summed E-state index contributed by atoms with van der Waals surface area (Å²) in [6.07, 6.45) is 9.61. The number of benzene rings is 1. The highest BCUT2D eigenvalue weighted by Gasteiger charge is 2.24. The molecule has 0 atom stereocenters. The molecule has 9 heteroatoms. The first-order chi connectivity index (χ1) is 16.3. The van der Waals surface area contributed by atoms with Crippen molar-refractivity contribution in [2.24, 2.45) is 0 Å². The van der Waals surface area contributed by atoms with Gasteiger partial charge in [-0.2, -0.15) is 15.0 Å². The Morgan fingerprint density at radius 1 is 1.00 bits per heavy atom. The fraction of sp³-hybridized carbons (Fsp3) is 0.640. The zero-order chi connectivity index (χ0) is 24.2. The largest absolute Gasteiger partial charge is 0.397 e. The summed E-state index contributed by atoms with van der Waals surface area (Å²) in [6, 6.07) is 2.81. The fourth-order valence-corrected chi connectivity index (χ4v) is 5.19. The maximum absolute atomic E-state index is 6.48. The fourth-order valence-electron chi connectivity index (χ4n) is 4.94. The zero-order valence-corrected chi connectivity index (χ0v) is 21.8. The van der Waals surface area contributed by atoms with Crippen LogP contribution >= 0.6 is 11.6 Å². The van der Waals surface area contributed by atoms with Crippen LogP contribution in [0.5, 0.6) is 0 Å². The summed E-state index contributed by atoms with van der Waals surface area (Å²) in [4.78, 5) is 19.0. The van der Waals surface area contributed by atoms with Crippen molar-refractivity contribution in [2.45, 2.75) is 77.3 Å². The average molecular weight is 487 g/mol. The molecule has 2 fully saturated rings. The maximum Gasteiger partial charge on any atom is 0.233 e. The van der Waals surface area contributed by atoms with E-state index < -0.39 is 0 Å². The number of nitrogens with two attached hydrogens (primary N) is 1. The molecule has 0 amide bonds. The number of hydrogen-bond donors (Lipinski definition) is 3. The Labute approximate surface area is 208 Å². The van der Waals surface area contributed by atoms with Crippen molar-refractivity contribution in [3.8, 4) is 0 Å². The quantitative estimate of drug-likeness (QED) is 0.382. The first kappa shape index (κ1) is 24.8. The Bertz CT molecular complexity index is 981. The predicted molar refractivity (Wildman–Crippen MR) is 142 cm³/mol. The van der Waals surface area contributed by atoms with Crippen molar-refractivity contribution in [1.29, 1.82) is 0 Å². The van der Waals surface area contributed by atoms with E-state index in [9.17, 15) is 0 Å². The Balaban J connectivity index is 1.64. The average Bonchev–Trinajstić information content (AvgIpc) is 3.09. The van der Waals surface area contributed by atoms with Gasteiger partial charge in [0, 0.05) is 24.8 Å². The number of hydrogen-bond acceptors (Lipinski definition) is 8. The summed E-state index contributed by atoms with van der Waals surface area (Å²) in [7, 11) is 4.28. The summed E-state index contributed by atoms with van der Waals surface area (Å²) < 4.78 is 0. The predicted octanol–water partition coefficient (Wildman–Crippen LogP) is 5.13. The number of aromatic nitrogens is 3. The summed E-state index contributed by atoms with van der Waals surface area (Å²) in [5, 5.41) is 7.58. The van der Waals surface area contributed by atoms with Gasteiger partial charge in [-0.05, 0) is 76.9 Å². The third-order valence-corrected chi connectivity index (χ3v) is 7.85. The number of aryl methyl sites for hydroxylation is 1. The minimum Gasteiger partial charge on any atom is -0.397 e. The summed E-state index contributed by atoms with van der Waals surface area (Å²) >= 11 is 6.48. The molecule has 2 aromatic rings. The topological polar surface area (TPSA) is 95.2 Å². The van der Waals surface area contributed by atoms with Crippen LogP contribution in [0.3, 0.4) is 0 Å². The minimum atomic E-state index is 0.397. The molecule has 186 valence electrons. The van der Waals surface area contributed by atoms with Crippen LogP contribution in [0.4, 0.5) is 29.2 Å². The van der Waals surface area contributed by atoms with Gasteiger partial charge in [0.05, 0.1) is 10.7 Å². The van der Waals surface area contributed by atoms with Crippen LogP contribution in [-0.2, 0) is 0 Å². The summed E-state index contributed by atoms with van der Waals surface area (Å²) in [5.41, 5.74) is 9.40. The molecule has 2 aliphatic rings. The molecule has 2 heterocycles. The van der Waals surface area contributed by atoms with Crippen molar-refractivity contribution in [3.63, 3.8) is 0 Å². The van der Waals surface area contributed by atoms with Gasteiger partial charge in [0.25, 0.3) is 0 Å². The Morgan fingerprint density at radius 3 is 2.32 bits per heavy atom. The van der Waals surface area contributed by atoms with Gasteiger partial charge in [-0.1, -0.05) is 37.3 Å². The van der Waals surface area contributed by atoms with Crippen molar-refractivity contribution in [3.05, 3.63) is 22.2 Å². The molecule has 1 saturated carbocycles. The van der Waals surface area contributed by atoms with Gasteiger partial charge in [0.1, 0.15) is 0 Å². The zero-order valence-electron chi connectivity index (χ0n) is 21.0. The van der Waals surface area contributed by atoms with Gasteiger partial charge in [0.15, 0.2) is 0 Å². The highest BCUT2D eigenvalue weighted by molar-refractivity contribution is 6.34. The second-order valence-corrected chi connectivity index (χ2v) is 10.4. The van der Waals surface area contributed by atoms with Crippen LogP contribution in [-0.4, -0.2) is 59.1 Å². The molecule has 0 radical (unpaired) electrons. The SMILES string of the molecule is Cc1cc(Nc2nc(NC3CCCCCC3)nc(N(C)C3CCN(C)CC3)n2)c(C)c(Cl)c1N. The molecule has 34 heavy (non-hydrogen) atoms. The standard InChI is InChI=1S/C25H39ClN8/c1-16-15-20(17(2)21(26)22(16)27)29-24-30-23(28-18-9-7-5-6-8-10-18)31-25(32-24)34(4)19-11-13-33(3)14-12-19/h15,18-19H,5-14,27H2,1-4H3,(H2,28,29,30,31,32). The molecule has 0 bridgehead atoms. The Hall–Kier alpha value is -2.32. The number of likely N-dealkylation sites (tertiary alicyclic amines) is 1. The van der Waals surface area contributed by atoms with Gasteiger partial charge >= 0.3 is 0 Å². The van der Waals surface area contributed by atoms with E-state index in [0.717, 1.165) is 55.6 Å². The number of anilines is 5. The van der Waals surface area contributed by atoms with E-state index in [4.69, 9.17) is 32.3 Å². The number of piperidine rings is 1. The first-order valence-electron chi connectivity index (χ1n) is 12.6. The second-order valence-electron chi connectivity index (χ2n) is 9.98. The van der Waals surface area contributed by atoms with Gasteiger partial charge < -0.3 is 26.2 Å². The van der Waals surface area contributed by atoms with Crippen molar-refractivity contribution in [2.75, 3.05) is 48.5 Å². The van der Waals surface area contributed by atoms with E-state index >= 15 is 0 Å². The smallest absolute Gasteiger partial charge is 0.233 e. The van der Waals surface area contributed by atoms with Gasteiger partial charge in [0.2, 0.25) is 17.8 Å². The summed E-state index contributed by atoms with van der Waals surface area (Å²) in [5.74, 6) is 1.85. The third kappa shape index (κ3) is 5.84. The highest BCUT2D eigenvalue weighted by atomic mass is 35.5. The normalized spacial score (nSPS) is 18.5. The van der Waals surface area contributed by atoms with Gasteiger partial charge in [-0.25, -0.2) is 0 Å². The van der Waals surface area contributed by atoms with Crippen LogP contribution in [0.1, 0.15) is 62.5 Å². The number of nitrogens with one attached hydrogen (secondary N) is 2. The Kier molecular flexibility index (Phi) is 7.99. The van der Waals surface area contributed by atoms with E-state index in [1.807, 2.05) is 19.9 Å². The van der Waals surface area contributed by atoms with Crippen molar-refractivity contribution < 1.29 is 0 Å². The van der Waals surface area contributed by atoms with Crippen LogP contribution in [0, 0.1) is 13.8 Å². The van der Waals surface area contributed by atoms with Crippen LogP contribution < -0.4 is 21.3 Å². The molecule has 0 spiro atoms. The lowest BCUT2D eigenvalue weighted by Gasteiger charge is -2.35. The number of rotatable bonds is 6. The maximum atomic E-state index is 6.48. The third-order valence-electron chi connectivity index (χ3n) is 7.37. The molecule has 4 N–H and O–H groups in total. The van der Waals surface area contributed by atoms with E-state index in [1.165, 1.54) is 25.7 Å². The number of nitrogens with zero attached hydrogens (tertiary/aromatic N) is 5. The number of halogens is 1. The first-order valence-corrected chi connectivity index (χ1v) is 13.0. The molecule has 1 aromatic heterocycles. The monoisotopic (exact) mass is 486 g/mol. The van der Waals surface area contributed by atoms with Crippen LogP contribution in [0.25, 0.3) is 0 Å². The van der Waals surface area contributed by atoms with Gasteiger partial charge in [-0.15, -0.1) is 0 Å². The molecule has 1 saturated heterocycles. The molecular weight excluding hydrogens is 448 g/mol. The van der Waals surface area contributed by atoms with E-state index in [0.29, 0.717) is 40.6 Å².